The summed E-state index contributed by atoms with van der Waals surface area (Å²) >= 11 is 0. The van der Waals surface area contributed by atoms with E-state index in [0.29, 0.717) is 5.41 Å². The van der Waals surface area contributed by atoms with Gasteiger partial charge in [-0.05, 0) is 56.7 Å². The standard InChI is InChI=1S/C17H36N2O/c1-6-17(14-20,18-7-2)10-8-11-19-12-9-15(13-19)16(3,4)5/h15,18,20H,6-14H2,1-5H3. The van der Waals surface area contributed by atoms with E-state index in [1.807, 2.05) is 0 Å². The third kappa shape index (κ3) is 5.01. The largest absolute Gasteiger partial charge is 0.394 e. The van der Waals surface area contributed by atoms with Gasteiger partial charge >= 0.3 is 0 Å². The van der Waals surface area contributed by atoms with Gasteiger partial charge in [0.2, 0.25) is 0 Å². The molecule has 1 rings (SSSR count). The third-order valence-corrected chi connectivity index (χ3v) is 5.16. The van der Waals surface area contributed by atoms with Crippen molar-refractivity contribution < 1.29 is 5.11 Å². The molecule has 1 aliphatic rings. The van der Waals surface area contributed by atoms with Gasteiger partial charge in [-0.25, -0.2) is 0 Å². The smallest absolute Gasteiger partial charge is 0.0613 e. The summed E-state index contributed by atoms with van der Waals surface area (Å²) in [4.78, 5) is 2.61. The van der Waals surface area contributed by atoms with Gasteiger partial charge < -0.3 is 15.3 Å². The molecule has 0 saturated carbocycles. The fourth-order valence-corrected chi connectivity index (χ4v) is 3.40. The molecule has 2 N–H and O–H groups in total. The second kappa shape index (κ2) is 7.77. The first-order valence-corrected chi connectivity index (χ1v) is 8.45. The molecule has 0 aromatic rings. The first-order valence-electron chi connectivity index (χ1n) is 8.45. The number of hydrogen-bond acceptors (Lipinski definition) is 3. The van der Waals surface area contributed by atoms with Crippen LogP contribution < -0.4 is 5.32 Å². The second-order valence-electron chi connectivity index (χ2n) is 7.58. The fourth-order valence-electron chi connectivity index (χ4n) is 3.40. The van der Waals surface area contributed by atoms with Crippen LogP contribution >= 0.6 is 0 Å². The molecule has 2 atom stereocenters. The van der Waals surface area contributed by atoms with Crippen molar-refractivity contribution in [3.05, 3.63) is 0 Å². The second-order valence-corrected chi connectivity index (χ2v) is 7.58. The SMILES string of the molecule is CCNC(CC)(CO)CCCN1CCC(C(C)(C)C)C1. The number of nitrogens with zero attached hydrogens (tertiary/aromatic N) is 1. The van der Waals surface area contributed by atoms with Crippen LogP contribution in [0.4, 0.5) is 0 Å². The Kier molecular flexibility index (Phi) is 6.96. The van der Waals surface area contributed by atoms with Crippen LogP contribution in [0.1, 0.15) is 60.3 Å². The minimum absolute atomic E-state index is 0.0576. The topological polar surface area (TPSA) is 35.5 Å². The minimum Gasteiger partial charge on any atom is -0.394 e. The highest BCUT2D eigenvalue weighted by Crippen LogP contribution is 2.33. The number of nitrogens with one attached hydrogen (secondary N) is 1. The summed E-state index contributed by atoms with van der Waals surface area (Å²) in [5.74, 6) is 0.838. The zero-order valence-electron chi connectivity index (χ0n) is 14.3. The molecule has 0 aromatic carbocycles. The lowest BCUT2D eigenvalue weighted by molar-refractivity contribution is 0.140. The summed E-state index contributed by atoms with van der Waals surface area (Å²) in [7, 11) is 0. The van der Waals surface area contributed by atoms with Gasteiger partial charge in [0.05, 0.1) is 6.61 Å². The molecule has 120 valence electrons. The van der Waals surface area contributed by atoms with E-state index in [1.165, 1.54) is 32.5 Å². The van der Waals surface area contributed by atoms with Crippen molar-refractivity contribution >= 4 is 0 Å². The average Bonchev–Trinajstić information content (AvgIpc) is 2.86. The van der Waals surface area contributed by atoms with Crippen molar-refractivity contribution in [2.24, 2.45) is 11.3 Å². The Balaban J connectivity index is 2.34. The van der Waals surface area contributed by atoms with Gasteiger partial charge in [0.15, 0.2) is 0 Å². The van der Waals surface area contributed by atoms with E-state index in [1.54, 1.807) is 0 Å². The number of rotatable bonds is 8. The maximum atomic E-state index is 9.67. The molecule has 3 heteroatoms. The van der Waals surface area contributed by atoms with Crippen molar-refractivity contribution in [3.8, 4) is 0 Å². The van der Waals surface area contributed by atoms with Crippen LogP contribution in [-0.2, 0) is 0 Å². The molecule has 0 radical (unpaired) electrons. The van der Waals surface area contributed by atoms with Gasteiger partial charge in [-0.3, -0.25) is 0 Å². The van der Waals surface area contributed by atoms with E-state index in [0.717, 1.165) is 25.3 Å². The summed E-state index contributed by atoms with van der Waals surface area (Å²) in [6, 6.07) is 0. The lowest BCUT2D eigenvalue weighted by Crippen LogP contribution is -2.48. The highest BCUT2D eigenvalue weighted by atomic mass is 16.3. The Bertz CT molecular complexity index is 269. The molecule has 1 fully saturated rings. The van der Waals surface area contributed by atoms with Gasteiger partial charge in [-0.1, -0.05) is 34.6 Å². The van der Waals surface area contributed by atoms with Crippen molar-refractivity contribution in [1.29, 1.82) is 0 Å². The van der Waals surface area contributed by atoms with Crippen LogP contribution in [0.25, 0.3) is 0 Å². The molecule has 0 spiro atoms. The van der Waals surface area contributed by atoms with Crippen molar-refractivity contribution in [3.63, 3.8) is 0 Å². The Morgan fingerprint density at radius 3 is 2.40 bits per heavy atom. The quantitative estimate of drug-likeness (QED) is 0.719. The number of likely N-dealkylation sites (tertiary alicyclic amines) is 1. The molecule has 2 unspecified atom stereocenters. The van der Waals surface area contributed by atoms with Crippen LogP contribution in [0.3, 0.4) is 0 Å². The number of aliphatic hydroxyl groups is 1. The molecule has 3 nitrogen and oxygen atoms in total. The molecule has 0 amide bonds. The van der Waals surface area contributed by atoms with Crippen molar-refractivity contribution in [2.45, 2.75) is 65.8 Å². The molecule has 1 aliphatic heterocycles. The minimum atomic E-state index is -0.0576. The van der Waals surface area contributed by atoms with E-state index >= 15 is 0 Å². The molecule has 1 heterocycles. The number of hydrogen-bond donors (Lipinski definition) is 2. The molecule has 20 heavy (non-hydrogen) atoms. The molecular formula is C17H36N2O. The van der Waals surface area contributed by atoms with Crippen molar-refractivity contribution in [1.82, 2.24) is 10.2 Å². The predicted molar refractivity (Wildman–Crippen MR) is 87.0 cm³/mol. The van der Waals surface area contributed by atoms with E-state index in [-0.39, 0.29) is 12.1 Å². The first-order chi connectivity index (χ1) is 9.37. The summed E-state index contributed by atoms with van der Waals surface area (Å²) < 4.78 is 0. The molecule has 0 aliphatic carbocycles. The lowest BCUT2D eigenvalue weighted by Gasteiger charge is -2.32. The predicted octanol–water partition coefficient (Wildman–Crippen LogP) is 2.89. The third-order valence-electron chi connectivity index (χ3n) is 5.16. The van der Waals surface area contributed by atoms with Gasteiger partial charge in [0.1, 0.15) is 0 Å². The molecule has 0 bridgehead atoms. The maximum absolute atomic E-state index is 9.67. The van der Waals surface area contributed by atoms with E-state index in [9.17, 15) is 5.11 Å². The summed E-state index contributed by atoms with van der Waals surface area (Å²) in [5, 5.41) is 13.2. The zero-order valence-corrected chi connectivity index (χ0v) is 14.3. The van der Waals surface area contributed by atoms with Gasteiger partial charge in [-0.15, -0.1) is 0 Å². The lowest BCUT2D eigenvalue weighted by atomic mass is 9.80. The Morgan fingerprint density at radius 1 is 1.25 bits per heavy atom. The monoisotopic (exact) mass is 284 g/mol. The molecule has 0 aromatic heterocycles. The van der Waals surface area contributed by atoms with Crippen LogP contribution in [-0.4, -0.2) is 48.3 Å². The molecule has 1 saturated heterocycles. The van der Waals surface area contributed by atoms with E-state index in [2.05, 4.69) is 44.8 Å². The van der Waals surface area contributed by atoms with Crippen LogP contribution in [0, 0.1) is 11.3 Å². The normalized spacial score (nSPS) is 24.0. The van der Waals surface area contributed by atoms with Crippen molar-refractivity contribution in [2.75, 3.05) is 32.8 Å². The summed E-state index contributed by atoms with van der Waals surface area (Å²) in [6.45, 7) is 16.2. The number of aliphatic hydroxyl groups excluding tert-OH is 1. The van der Waals surface area contributed by atoms with Gasteiger partial charge in [0, 0.05) is 12.1 Å². The number of likely N-dealkylation sites (N-methyl/N-ethyl adjacent to an activating group) is 1. The summed E-state index contributed by atoms with van der Waals surface area (Å²) in [6.07, 6.45) is 4.60. The summed E-state index contributed by atoms with van der Waals surface area (Å²) in [5.41, 5.74) is 0.384. The zero-order chi connectivity index (χ0) is 15.2. The van der Waals surface area contributed by atoms with Crippen LogP contribution in [0.5, 0.6) is 0 Å². The van der Waals surface area contributed by atoms with Crippen LogP contribution in [0.2, 0.25) is 0 Å². The highest BCUT2D eigenvalue weighted by Gasteiger charge is 2.32. The Morgan fingerprint density at radius 2 is 1.95 bits per heavy atom. The van der Waals surface area contributed by atoms with E-state index in [4.69, 9.17) is 0 Å². The van der Waals surface area contributed by atoms with Crippen LogP contribution in [0.15, 0.2) is 0 Å². The fraction of sp³-hybridized carbons (Fsp3) is 1.00. The van der Waals surface area contributed by atoms with Gasteiger partial charge in [-0.2, -0.15) is 0 Å². The van der Waals surface area contributed by atoms with E-state index < -0.39 is 0 Å². The Hall–Kier alpha value is -0.120. The van der Waals surface area contributed by atoms with Gasteiger partial charge in [0.25, 0.3) is 0 Å². The first kappa shape index (κ1) is 17.9. The maximum Gasteiger partial charge on any atom is 0.0613 e. The Labute approximate surface area is 126 Å². The molecular weight excluding hydrogens is 248 g/mol. The average molecular weight is 284 g/mol. The highest BCUT2D eigenvalue weighted by molar-refractivity contribution is 4.87.